The molecule has 0 aliphatic carbocycles. The van der Waals surface area contributed by atoms with Crippen LogP contribution in [0.1, 0.15) is 24.8 Å². The fourth-order valence-electron chi connectivity index (χ4n) is 2.52. The van der Waals surface area contributed by atoms with Gasteiger partial charge in [-0.1, -0.05) is 31.2 Å². The second-order valence-electron chi connectivity index (χ2n) is 5.70. The molecule has 0 atom stereocenters. The summed E-state index contributed by atoms with van der Waals surface area (Å²) in [6.45, 7) is 2.07. The molecule has 3 aromatic rings. The molecular formula is C20H19FN2O2. The number of nitrogens with zero attached hydrogens (tertiary/aromatic N) is 1. The number of benzene rings is 2. The zero-order valence-electron chi connectivity index (χ0n) is 14.0. The summed E-state index contributed by atoms with van der Waals surface area (Å²) >= 11 is 0. The number of rotatable bonds is 6. The van der Waals surface area contributed by atoms with Crippen molar-refractivity contribution in [3.05, 3.63) is 72.0 Å². The van der Waals surface area contributed by atoms with Crippen LogP contribution in [-0.4, -0.2) is 10.9 Å². The van der Waals surface area contributed by atoms with Gasteiger partial charge in [0.2, 0.25) is 5.91 Å². The SMILES string of the molecule is CCc1cccc(NC(=O)CCc2ncc(-c3ccccc3F)o2)c1. The molecule has 25 heavy (non-hydrogen) atoms. The maximum absolute atomic E-state index is 13.8. The first-order valence-electron chi connectivity index (χ1n) is 8.24. The zero-order valence-corrected chi connectivity index (χ0v) is 14.0. The first-order chi connectivity index (χ1) is 12.2. The lowest BCUT2D eigenvalue weighted by molar-refractivity contribution is -0.116. The van der Waals surface area contributed by atoms with E-state index in [-0.39, 0.29) is 18.1 Å². The standard InChI is InChI=1S/C20H19FN2O2/c1-2-14-6-5-7-15(12-14)23-19(24)10-11-20-22-13-18(25-20)16-8-3-4-9-17(16)21/h3-9,12-13H,2,10-11H2,1H3,(H,23,24). The highest BCUT2D eigenvalue weighted by atomic mass is 19.1. The first-order valence-corrected chi connectivity index (χ1v) is 8.24. The van der Waals surface area contributed by atoms with Gasteiger partial charge >= 0.3 is 0 Å². The molecule has 0 spiro atoms. The number of halogens is 1. The van der Waals surface area contributed by atoms with E-state index in [1.807, 2.05) is 24.3 Å². The number of aromatic nitrogens is 1. The molecule has 128 valence electrons. The molecule has 0 bridgehead atoms. The topological polar surface area (TPSA) is 55.1 Å². The largest absolute Gasteiger partial charge is 0.441 e. The van der Waals surface area contributed by atoms with Crippen molar-refractivity contribution < 1.29 is 13.6 Å². The Balaban J connectivity index is 1.58. The third-order valence-corrected chi connectivity index (χ3v) is 3.88. The minimum atomic E-state index is -0.362. The van der Waals surface area contributed by atoms with Crippen molar-refractivity contribution >= 4 is 11.6 Å². The molecule has 0 aliphatic rings. The summed E-state index contributed by atoms with van der Waals surface area (Å²) in [6, 6.07) is 14.1. The third-order valence-electron chi connectivity index (χ3n) is 3.88. The number of aryl methyl sites for hydroxylation is 2. The number of anilines is 1. The van der Waals surface area contributed by atoms with Crippen LogP contribution in [0.25, 0.3) is 11.3 Å². The van der Waals surface area contributed by atoms with Crippen molar-refractivity contribution in [2.24, 2.45) is 0 Å². The summed E-state index contributed by atoms with van der Waals surface area (Å²) in [4.78, 5) is 16.2. The highest BCUT2D eigenvalue weighted by Gasteiger charge is 2.12. The Labute approximate surface area is 145 Å². The predicted molar refractivity (Wildman–Crippen MR) is 94.7 cm³/mol. The van der Waals surface area contributed by atoms with Gasteiger partial charge in [0.15, 0.2) is 11.7 Å². The predicted octanol–water partition coefficient (Wildman–Crippen LogP) is 4.61. The molecule has 0 saturated heterocycles. The molecular weight excluding hydrogens is 319 g/mol. The number of hydrogen-bond donors (Lipinski definition) is 1. The van der Waals surface area contributed by atoms with E-state index in [1.54, 1.807) is 18.2 Å². The molecule has 1 heterocycles. The molecule has 0 aliphatic heterocycles. The van der Waals surface area contributed by atoms with Crippen molar-refractivity contribution in [3.63, 3.8) is 0 Å². The molecule has 0 saturated carbocycles. The van der Waals surface area contributed by atoms with E-state index in [0.717, 1.165) is 12.1 Å². The number of amides is 1. The molecule has 0 radical (unpaired) electrons. The lowest BCUT2D eigenvalue weighted by Crippen LogP contribution is -2.12. The normalized spacial score (nSPS) is 10.6. The number of oxazole rings is 1. The minimum Gasteiger partial charge on any atom is -0.441 e. The van der Waals surface area contributed by atoms with Crippen LogP contribution in [0.5, 0.6) is 0 Å². The van der Waals surface area contributed by atoms with Gasteiger partial charge in [-0.15, -0.1) is 0 Å². The molecule has 0 fully saturated rings. The van der Waals surface area contributed by atoms with Crippen LogP contribution in [0.3, 0.4) is 0 Å². The highest BCUT2D eigenvalue weighted by Crippen LogP contribution is 2.23. The fraction of sp³-hybridized carbons (Fsp3) is 0.200. The van der Waals surface area contributed by atoms with Crippen molar-refractivity contribution in [3.8, 4) is 11.3 Å². The molecule has 3 rings (SSSR count). The van der Waals surface area contributed by atoms with Crippen molar-refractivity contribution in [1.29, 1.82) is 0 Å². The summed E-state index contributed by atoms with van der Waals surface area (Å²) in [5, 5.41) is 2.87. The van der Waals surface area contributed by atoms with E-state index in [2.05, 4.69) is 17.2 Å². The van der Waals surface area contributed by atoms with Gasteiger partial charge in [-0.3, -0.25) is 4.79 Å². The van der Waals surface area contributed by atoms with Gasteiger partial charge in [0, 0.05) is 18.5 Å². The smallest absolute Gasteiger partial charge is 0.224 e. The Morgan fingerprint density at radius 1 is 1.20 bits per heavy atom. The van der Waals surface area contributed by atoms with E-state index >= 15 is 0 Å². The molecule has 1 N–H and O–H groups in total. The van der Waals surface area contributed by atoms with Gasteiger partial charge in [0.25, 0.3) is 0 Å². The van der Waals surface area contributed by atoms with Crippen molar-refractivity contribution in [2.75, 3.05) is 5.32 Å². The lowest BCUT2D eigenvalue weighted by Gasteiger charge is -2.06. The molecule has 1 aromatic heterocycles. The Kier molecular flexibility index (Phi) is 5.23. The van der Waals surface area contributed by atoms with Crippen LogP contribution < -0.4 is 5.32 Å². The molecule has 2 aromatic carbocycles. The van der Waals surface area contributed by atoms with Gasteiger partial charge in [0.05, 0.1) is 11.8 Å². The number of carbonyl (C=O) groups is 1. The van der Waals surface area contributed by atoms with Crippen LogP contribution in [-0.2, 0) is 17.6 Å². The van der Waals surface area contributed by atoms with Gasteiger partial charge in [0.1, 0.15) is 5.82 Å². The summed E-state index contributed by atoms with van der Waals surface area (Å²) in [6.07, 6.45) is 3.00. The van der Waals surface area contributed by atoms with Crippen LogP contribution in [0.2, 0.25) is 0 Å². The summed E-state index contributed by atoms with van der Waals surface area (Å²) in [5.41, 5.74) is 2.31. The maximum atomic E-state index is 13.8. The first kappa shape index (κ1) is 16.9. The minimum absolute atomic E-state index is 0.112. The van der Waals surface area contributed by atoms with Crippen LogP contribution in [0, 0.1) is 5.82 Å². The second-order valence-corrected chi connectivity index (χ2v) is 5.70. The van der Waals surface area contributed by atoms with Crippen LogP contribution in [0.4, 0.5) is 10.1 Å². The van der Waals surface area contributed by atoms with Crippen molar-refractivity contribution in [2.45, 2.75) is 26.2 Å². The average molecular weight is 338 g/mol. The highest BCUT2D eigenvalue weighted by molar-refractivity contribution is 5.90. The van der Waals surface area contributed by atoms with Crippen molar-refractivity contribution in [1.82, 2.24) is 4.98 Å². The van der Waals surface area contributed by atoms with E-state index in [0.29, 0.717) is 23.6 Å². The number of hydrogen-bond acceptors (Lipinski definition) is 3. The molecule has 4 nitrogen and oxygen atoms in total. The van der Waals surface area contributed by atoms with Gasteiger partial charge in [-0.2, -0.15) is 0 Å². The Morgan fingerprint density at radius 3 is 2.84 bits per heavy atom. The summed E-state index contributed by atoms with van der Waals surface area (Å²) in [7, 11) is 0. The molecule has 0 unspecified atom stereocenters. The monoisotopic (exact) mass is 338 g/mol. The zero-order chi connectivity index (χ0) is 17.6. The Bertz CT molecular complexity index is 873. The van der Waals surface area contributed by atoms with Gasteiger partial charge < -0.3 is 9.73 Å². The van der Waals surface area contributed by atoms with E-state index in [9.17, 15) is 9.18 Å². The van der Waals surface area contributed by atoms with Crippen LogP contribution >= 0.6 is 0 Å². The fourth-order valence-corrected chi connectivity index (χ4v) is 2.52. The molecule has 5 heteroatoms. The van der Waals surface area contributed by atoms with Gasteiger partial charge in [-0.05, 0) is 36.2 Å². The Morgan fingerprint density at radius 2 is 2.04 bits per heavy atom. The number of nitrogens with one attached hydrogen (secondary N) is 1. The summed E-state index contributed by atoms with van der Waals surface area (Å²) in [5.74, 6) is 0.303. The number of carbonyl (C=O) groups excluding carboxylic acids is 1. The third kappa shape index (κ3) is 4.32. The average Bonchev–Trinajstić information content (AvgIpc) is 3.09. The van der Waals surface area contributed by atoms with Crippen LogP contribution in [0.15, 0.2) is 59.1 Å². The Hall–Kier alpha value is -2.95. The quantitative estimate of drug-likeness (QED) is 0.714. The van der Waals surface area contributed by atoms with E-state index in [4.69, 9.17) is 4.42 Å². The second kappa shape index (κ2) is 7.75. The molecule has 1 amide bonds. The van der Waals surface area contributed by atoms with E-state index in [1.165, 1.54) is 17.8 Å². The maximum Gasteiger partial charge on any atom is 0.224 e. The van der Waals surface area contributed by atoms with Gasteiger partial charge in [-0.25, -0.2) is 9.37 Å². The van der Waals surface area contributed by atoms with E-state index < -0.39 is 0 Å². The lowest BCUT2D eigenvalue weighted by atomic mass is 10.1. The summed E-state index contributed by atoms with van der Waals surface area (Å²) < 4.78 is 19.3.